The van der Waals surface area contributed by atoms with Crippen molar-refractivity contribution in [2.75, 3.05) is 13.2 Å². The van der Waals surface area contributed by atoms with Gasteiger partial charge in [-0.2, -0.15) is 0 Å². The van der Waals surface area contributed by atoms with Crippen LogP contribution in [0.3, 0.4) is 0 Å². The normalized spacial score (nSPS) is 10.9. The maximum absolute atomic E-state index is 13.3. The average Bonchev–Trinajstić information content (AvgIpc) is 3.12. The molecule has 0 saturated heterocycles. The predicted molar refractivity (Wildman–Crippen MR) is 119 cm³/mol. The van der Waals surface area contributed by atoms with Crippen molar-refractivity contribution in [3.63, 3.8) is 0 Å². The number of amides is 1. The number of para-hydroxylation sites is 2. The Balaban J connectivity index is 1.39. The number of hydrogen-bond acceptors (Lipinski definition) is 3. The van der Waals surface area contributed by atoms with E-state index >= 15 is 0 Å². The molecule has 1 amide bonds. The third kappa shape index (κ3) is 5.41. The average molecular weight is 438 g/mol. The molecule has 1 heterocycles. The Hall–Kier alpha value is -3.38. The summed E-state index contributed by atoms with van der Waals surface area (Å²) in [6.07, 6.45) is 0.558. The van der Waals surface area contributed by atoms with Crippen LogP contribution >= 0.6 is 11.6 Å². The first-order chi connectivity index (χ1) is 15.1. The van der Waals surface area contributed by atoms with E-state index in [0.717, 1.165) is 22.4 Å². The van der Waals surface area contributed by atoms with Gasteiger partial charge in [0.25, 0.3) is 5.91 Å². The van der Waals surface area contributed by atoms with Crippen LogP contribution in [0, 0.1) is 5.82 Å². The lowest BCUT2D eigenvalue weighted by atomic mass is 10.2. The molecule has 3 aromatic carbocycles. The second kappa shape index (κ2) is 9.62. The Labute approximate surface area is 184 Å². The van der Waals surface area contributed by atoms with Crippen molar-refractivity contribution in [3.05, 3.63) is 95.0 Å². The number of aromatic nitrogens is 2. The van der Waals surface area contributed by atoms with Crippen molar-refractivity contribution in [1.82, 2.24) is 14.9 Å². The van der Waals surface area contributed by atoms with E-state index in [4.69, 9.17) is 21.3 Å². The first-order valence-corrected chi connectivity index (χ1v) is 10.3. The fraction of sp³-hybridized carbons (Fsp3) is 0.167. The number of nitrogens with zero attached hydrogens (tertiary/aromatic N) is 2. The Morgan fingerprint density at radius 1 is 1.03 bits per heavy atom. The number of benzene rings is 3. The SMILES string of the molecule is O=C(COc1ccc(Cl)cc1)NCCc1nc2ccccc2n1Cc1ccc(F)cc1. The Bertz CT molecular complexity index is 1170. The third-order valence-electron chi connectivity index (χ3n) is 4.84. The molecule has 0 bridgehead atoms. The van der Waals surface area contributed by atoms with Crippen molar-refractivity contribution < 1.29 is 13.9 Å². The monoisotopic (exact) mass is 437 g/mol. The first kappa shape index (κ1) is 20.9. The second-order valence-electron chi connectivity index (χ2n) is 7.07. The summed E-state index contributed by atoms with van der Waals surface area (Å²) in [5, 5.41) is 3.47. The molecule has 7 heteroatoms. The van der Waals surface area contributed by atoms with Gasteiger partial charge in [-0.25, -0.2) is 9.37 Å². The van der Waals surface area contributed by atoms with Crippen LogP contribution < -0.4 is 10.1 Å². The quantitative estimate of drug-likeness (QED) is 0.438. The van der Waals surface area contributed by atoms with E-state index < -0.39 is 0 Å². The fourth-order valence-corrected chi connectivity index (χ4v) is 3.44. The number of carbonyl (C=O) groups excluding carboxylic acids is 1. The van der Waals surface area contributed by atoms with E-state index in [1.54, 1.807) is 36.4 Å². The maximum atomic E-state index is 13.3. The molecular weight excluding hydrogens is 417 g/mol. The summed E-state index contributed by atoms with van der Waals surface area (Å²) in [6.45, 7) is 0.924. The standard InChI is InChI=1S/C24H21ClFN3O2/c25-18-7-11-20(12-8-18)31-16-24(30)27-14-13-23-28-21-3-1-2-4-22(21)29(23)15-17-5-9-19(26)10-6-17/h1-12H,13-16H2,(H,27,30). The molecule has 1 N–H and O–H groups in total. The van der Waals surface area contributed by atoms with Gasteiger partial charge in [-0.3, -0.25) is 4.79 Å². The number of fused-ring (bicyclic) bond motifs is 1. The minimum atomic E-state index is -0.261. The highest BCUT2D eigenvalue weighted by atomic mass is 35.5. The zero-order valence-corrected chi connectivity index (χ0v) is 17.5. The van der Waals surface area contributed by atoms with Gasteiger partial charge in [0, 0.05) is 24.5 Å². The molecule has 4 rings (SSSR count). The van der Waals surface area contributed by atoms with Crippen molar-refractivity contribution in [1.29, 1.82) is 0 Å². The topological polar surface area (TPSA) is 56.1 Å². The van der Waals surface area contributed by atoms with Crippen LogP contribution in [0.4, 0.5) is 4.39 Å². The van der Waals surface area contributed by atoms with Gasteiger partial charge in [0.15, 0.2) is 6.61 Å². The zero-order chi connectivity index (χ0) is 21.6. The number of halogens is 2. The summed E-state index contributed by atoms with van der Waals surface area (Å²) in [5.41, 5.74) is 2.86. The van der Waals surface area contributed by atoms with Gasteiger partial charge in [-0.1, -0.05) is 35.9 Å². The Morgan fingerprint density at radius 3 is 2.55 bits per heavy atom. The molecule has 0 atom stereocenters. The van der Waals surface area contributed by atoms with Crippen LogP contribution in [-0.4, -0.2) is 28.6 Å². The summed E-state index contributed by atoms with van der Waals surface area (Å²) >= 11 is 5.84. The molecule has 1 aromatic heterocycles. The van der Waals surface area contributed by atoms with Crippen molar-refractivity contribution >= 4 is 28.5 Å². The highest BCUT2D eigenvalue weighted by Crippen LogP contribution is 2.19. The molecule has 0 aliphatic heterocycles. The first-order valence-electron chi connectivity index (χ1n) is 9.92. The molecule has 31 heavy (non-hydrogen) atoms. The lowest BCUT2D eigenvalue weighted by molar-refractivity contribution is -0.123. The molecule has 0 radical (unpaired) electrons. The van der Waals surface area contributed by atoms with Gasteiger partial charge in [0.05, 0.1) is 11.0 Å². The Morgan fingerprint density at radius 2 is 1.77 bits per heavy atom. The summed E-state index contributed by atoms with van der Waals surface area (Å²) in [4.78, 5) is 16.8. The van der Waals surface area contributed by atoms with E-state index in [2.05, 4.69) is 9.88 Å². The van der Waals surface area contributed by atoms with Crippen LogP contribution in [0.5, 0.6) is 5.75 Å². The molecule has 0 aliphatic carbocycles. The van der Waals surface area contributed by atoms with E-state index in [1.165, 1.54) is 12.1 Å². The lowest BCUT2D eigenvalue weighted by Crippen LogP contribution is -2.31. The molecule has 0 aliphatic rings. The van der Waals surface area contributed by atoms with Crippen LogP contribution in [0.1, 0.15) is 11.4 Å². The zero-order valence-electron chi connectivity index (χ0n) is 16.7. The van der Waals surface area contributed by atoms with Crippen molar-refractivity contribution in [3.8, 4) is 5.75 Å². The molecule has 0 spiro atoms. The van der Waals surface area contributed by atoms with E-state index in [-0.39, 0.29) is 18.3 Å². The van der Waals surface area contributed by atoms with Crippen molar-refractivity contribution in [2.24, 2.45) is 0 Å². The highest BCUT2D eigenvalue weighted by Gasteiger charge is 2.12. The van der Waals surface area contributed by atoms with Crippen LogP contribution in [0.2, 0.25) is 5.02 Å². The number of nitrogens with one attached hydrogen (secondary N) is 1. The maximum Gasteiger partial charge on any atom is 0.257 e. The highest BCUT2D eigenvalue weighted by molar-refractivity contribution is 6.30. The summed E-state index contributed by atoms with van der Waals surface area (Å²) in [6, 6.07) is 21.2. The number of ether oxygens (including phenoxy) is 1. The van der Waals surface area contributed by atoms with E-state index in [9.17, 15) is 9.18 Å². The second-order valence-corrected chi connectivity index (χ2v) is 7.51. The smallest absolute Gasteiger partial charge is 0.257 e. The Kier molecular flexibility index (Phi) is 6.48. The minimum absolute atomic E-state index is 0.0758. The van der Waals surface area contributed by atoms with Crippen LogP contribution in [0.15, 0.2) is 72.8 Å². The molecule has 0 saturated carbocycles. The summed E-state index contributed by atoms with van der Waals surface area (Å²) < 4.78 is 20.8. The van der Waals surface area contributed by atoms with E-state index in [0.29, 0.717) is 30.3 Å². The molecule has 4 aromatic rings. The number of imidazole rings is 1. The number of hydrogen-bond donors (Lipinski definition) is 1. The summed E-state index contributed by atoms with van der Waals surface area (Å²) in [7, 11) is 0. The predicted octanol–water partition coefficient (Wildman–Crippen LogP) is 4.61. The largest absolute Gasteiger partial charge is 0.484 e. The van der Waals surface area contributed by atoms with Gasteiger partial charge in [-0.15, -0.1) is 0 Å². The van der Waals surface area contributed by atoms with Crippen molar-refractivity contribution in [2.45, 2.75) is 13.0 Å². The van der Waals surface area contributed by atoms with Crippen LogP contribution in [0.25, 0.3) is 11.0 Å². The molecular formula is C24H21ClFN3O2. The minimum Gasteiger partial charge on any atom is -0.484 e. The van der Waals surface area contributed by atoms with Gasteiger partial charge < -0.3 is 14.6 Å². The number of rotatable bonds is 8. The van der Waals surface area contributed by atoms with Gasteiger partial charge in [0.2, 0.25) is 0 Å². The van der Waals surface area contributed by atoms with Gasteiger partial charge >= 0.3 is 0 Å². The van der Waals surface area contributed by atoms with Crippen LogP contribution in [-0.2, 0) is 17.8 Å². The lowest BCUT2D eigenvalue weighted by Gasteiger charge is -2.11. The molecule has 5 nitrogen and oxygen atoms in total. The molecule has 158 valence electrons. The van der Waals surface area contributed by atoms with Gasteiger partial charge in [0.1, 0.15) is 17.4 Å². The fourth-order valence-electron chi connectivity index (χ4n) is 3.31. The molecule has 0 unspecified atom stereocenters. The summed E-state index contributed by atoms with van der Waals surface area (Å²) in [5.74, 6) is 0.962. The third-order valence-corrected chi connectivity index (χ3v) is 5.09. The van der Waals surface area contributed by atoms with E-state index in [1.807, 2.05) is 24.3 Å². The van der Waals surface area contributed by atoms with Gasteiger partial charge in [-0.05, 0) is 54.1 Å². The molecule has 0 fully saturated rings. The number of carbonyl (C=O) groups is 1.